The highest BCUT2D eigenvalue weighted by Crippen LogP contribution is 2.11. The zero-order valence-electron chi connectivity index (χ0n) is 14.1. The van der Waals surface area contributed by atoms with E-state index in [1.54, 1.807) is 0 Å². The molecule has 0 fully saturated rings. The third-order valence-corrected chi connectivity index (χ3v) is 3.46. The Balaban J connectivity index is 0.00000441. The molecule has 0 saturated heterocycles. The van der Waals surface area contributed by atoms with Gasteiger partial charge in [-0.15, -0.1) is 24.0 Å². The third kappa shape index (κ3) is 9.12. The molecule has 0 aliphatic carbocycles. The molecular formula is C17H31IN4. The second-order valence-corrected chi connectivity index (χ2v) is 5.24. The number of nitrogens with one attached hydrogen (secondary N) is 2. The number of hydrogen-bond donors (Lipinski definition) is 2. The van der Waals surface area contributed by atoms with Crippen LogP contribution in [0.25, 0.3) is 0 Å². The van der Waals surface area contributed by atoms with E-state index in [1.807, 2.05) is 7.05 Å². The molecule has 0 radical (unpaired) electrons. The van der Waals surface area contributed by atoms with Gasteiger partial charge < -0.3 is 15.5 Å². The second-order valence-electron chi connectivity index (χ2n) is 5.24. The molecule has 0 atom stereocenters. The molecule has 126 valence electrons. The topological polar surface area (TPSA) is 39.7 Å². The lowest BCUT2D eigenvalue weighted by Gasteiger charge is -2.19. The minimum atomic E-state index is 0. The molecule has 0 aliphatic rings. The number of anilines is 1. The summed E-state index contributed by atoms with van der Waals surface area (Å²) in [5, 5.41) is 6.69. The monoisotopic (exact) mass is 418 g/mol. The predicted molar refractivity (Wildman–Crippen MR) is 109 cm³/mol. The molecule has 0 aromatic heterocycles. The Morgan fingerprint density at radius 1 is 1.05 bits per heavy atom. The highest BCUT2D eigenvalue weighted by molar-refractivity contribution is 14.0. The summed E-state index contributed by atoms with van der Waals surface area (Å²) >= 11 is 0. The standard InChI is InChI=1S/C17H30N4.HI/c1-4-5-13-19-17(18-2)20-14-9-10-15-21(3)16-11-7-6-8-12-16;/h6-8,11-12H,4-5,9-10,13-15H2,1-3H3,(H2,18,19,20);1H. The van der Waals surface area contributed by atoms with Crippen molar-refractivity contribution >= 4 is 35.6 Å². The number of para-hydroxylation sites is 1. The lowest BCUT2D eigenvalue weighted by atomic mass is 10.2. The molecular weight excluding hydrogens is 387 g/mol. The van der Waals surface area contributed by atoms with Crippen LogP contribution >= 0.6 is 24.0 Å². The smallest absolute Gasteiger partial charge is 0.190 e. The van der Waals surface area contributed by atoms with Crippen molar-refractivity contribution in [3.05, 3.63) is 30.3 Å². The Kier molecular flexibility index (Phi) is 13.1. The molecule has 2 N–H and O–H groups in total. The molecule has 0 unspecified atom stereocenters. The fourth-order valence-corrected chi connectivity index (χ4v) is 2.10. The number of unbranched alkanes of at least 4 members (excludes halogenated alkanes) is 2. The first kappa shape index (κ1) is 21.0. The van der Waals surface area contributed by atoms with Crippen molar-refractivity contribution in [2.75, 3.05) is 38.6 Å². The molecule has 0 amide bonds. The quantitative estimate of drug-likeness (QED) is 0.279. The number of rotatable bonds is 9. The first-order valence-electron chi connectivity index (χ1n) is 7.98. The number of hydrogen-bond acceptors (Lipinski definition) is 2. The number of aliphatic imine (C=N–C) groups is 1. The van der Waals surface area contributed by atoms with Gasteiger partial charge in [-0.1, -0.05) is 31.5 Å². The molecule has 5 heteroatoms. The van der Waals surface area contributed by atoms with Crippen LogP contribution in [0, 0.1) is 0 Å². The summed E-state index contributed by atoms with van der Waals surface area (Å²) in [7, 11) is 3.97. The summed E-state index contributed by atoms with van der Waals surface area (Å²) in [5.74, 6) is 0.917. The molecule has 0 bridgehead atoms. The highest BCUT2D eigenvalue weighted by Gasteiger charge is 2.00. The van der Waals surface area contributed by atoms with E-state index in [2.05, 4.69) is 64.8 Å². The van der Waals surface area contributed by atoms with Gasteiger partial charge >= 0.3 is 0 Å². The molecule has 1 rings (SSSR count). The normalized spacial score (nSPS) is 10.8. The van der Waals surface area contributed by atoms with Crippen LogP contribution in [-0.4, -0.2) is 39.7 Å². The lowest BCUT2D eigenvalue weighted by molar-refractivity contribution is 0.678. The van der Waals surface area contributed by atoms with Crippen molar-refractivity contribution in [2.24, 2.45) is 4.99 Å². The van der Waals surface area contributed by atoms with Crippen LogP contribution in [0.1, 0.15) is 32.6 Å². The molecule has 0 heterocycles. The zero-order valence-corrected chi connectivity index (χ0v) is 16.5. The van der Waals surface area contributed by atoms with Crippen molar-refractivity contribution in [2.45, 2.75) is 32.6 Å². The van der Waals surface area contributed by atoms with Gasteiger partial charge in [0.2, 0.25) is 0 Å². The molecule has 0 spiro atoms. The van der Waals surface area contributed by atoms with Gasteiger partial charge in [0.05, 0.1) is 0 Å². The molecule has 1 aromatic rings. The van der Waals surface area contributed by atoms with Gasteiger partial charge in [0.1, 0.15) is 0 Å². The first-order valence-corrected chi connectivity index (χ1v) is 7.98. The van der Waals surface area contributed by atoms with Crippen LogP contribution in [0.3, 0.4) is 0 Å². The van der Waals surface area contributed by atoms with Gasteiger partial charge in [0, 0.05) is 39.4 Å². The van der Waals surface area contributed by atoms with E-state index in [0.29, 0.717) is 0 Å². The highest BCUT2D eigenvalue weighted by atomic mass is 127. The van der Waals surface area contributed by atoms with Crippen LogP contribution in [0.4, 0.5) is 5.69 Å². The van der Waals surface area contributed by atoms with E-state index in [0.717, 1.165) is 32.0 Å². The van der Waals surface area contributed by atoms with Crippen LogP contribution in [-0.2, 0) is 0 Å². The van der Waals surface area contributed by atoms with Gasteiger partial charge in [-0.25, -0.2) is 0 Å². The number of nitrogens with zero attached hydrogens (tertiary/aromatic N) is 2. The van der Waals surface area contributed by atoms with E-state index in [-0.39, 0.29) is 24.0 Å². The van der Waals surface area contributed by atoms with E-state index >= 15 is 0 Å². The maximum atomic E-state index is 4.22. The average Bonchev–Trinajstić information content (AvgIpc) is 2.53. The fourth-order valence-electron chi connectivity index (χ4n) is 2.10. The third-order valence-electron chi connectivity index (χ3n) is 3.46. The summed E-state index contributed by atoms with van der Waals surface area (Å²) in [5.41, 5.74) is 1.28. The van der Waals surface area contributed by atoms with Gasteiger partial charge in [-0.3, -0.25) is 4.99 Å². The number of benzene rings is 1. The van der Waals surface area contributed by atoms with Crippen LogP contribution in [0.15, 0.2) is 35.3 Å². The maximum absolute atomic E-state index is 4.22. The molecule has 0 saturated carbocycles. The van der Waals surface area contributed by atoms with Crippen molar-refractivity contribution < 1.29 is 0 Å². The van der Waals surface area contributed by atoms with Crippen LogP contribution < -0.4 is 15.5 Å². The largest absolute Gasteiger partial charge is 0.375 e. The Morgan fingerprint density at radius 3 is 2.27 bits per heavy atom. The fraction of sp³-hybridized carbons (Fsp3) is 0.588. The van der Waals surface area contributed by atoms with Crippen LogP contribution in [0.2, 0.25) is 0 Å². The van der Waals surface area contributed by atoms with E-state index in [9.17, 15) is 0 Å². The Labute approximate surface area is 152 Å². The average molecular weight is 418 g/mol. The molecule has 0 aliphatic heterocycles. The molecule has 4 nitrogen and oxygen atoms in total. The number of halogens is 1. The summed E-state index contributed by atoms with van der Waals surface area (Å²) < 4.78 is 0. The minimum absolute atomic E-state index is 0. The van der Waals surface area contributed by atoms with Gasteiger partial charge in [-0.2, -0.15) is 0 Å². The lowest BCUT2D eigenvalue weighted by Crippen LogP contribution is -2.38. The minimum Gasteiger partial charge on any atom is -0.375 e. The van der Waals surface area contributed by atoms with E-state index in [1.165, 1.54) is 24.9 Å². The van der Waals surface area contributed by atoms with Crippen molar-refractivity contribution in [1.82, 2.24) is 10.6 Å². The predicted octanol–water partition coefficient (Wildman–Crippen LogP) is 3.49. The molecule has 1 aromatic carbocycles. The maximum Gasteiger partial charge on any atom is 0.190 e. The Morgan fingerprint density at radius 2 is 1.68 bits per heavy atom. The zero-order chi connectivity index (χ0) is 15.3. The number of guanidine groups is 1. The van der Waals surface area contributed by atoms with Crippen LogP contribution in [0.5, 0.6) is 0 Å². The van der Waals surface area contributed by atoms with E-state index < -0.39 is 0 Å². The summed E-state index contributed by atoms with van der Waals surface area (Å²) in [4.78, 5) is 6.52. The first-order chi connectivity index (χ1) is 10.3. The van der Waals surface area contributed by atoms with Crippen molar-refractivity contribution in [1.29, 1.82) is 0 Å². The second kappa shape index (κ2) is 13.7. The van der Waals surface area contributed by atoms with E-state index in [4.69, 9.17) is 0 Å². The molecule has 22 heavy (non-hydrogen) atoms. The SMILES string of the molecule is CCCCNC(=NC)NCCCCN(C)c1ccccc1.I. The Bertz CT molecular complexity index is 395. The van der Waals surface area contributed by atoms with Crippen molar-refractivity contribution in [3.63, 3.8) is 0 Å². The summed E-state index contributed by atoms with van der Waals surface area (Å²) in [6.45, 7) is 5.23. The Hall–Kier alpha value is -0.980. The van der Waals surface area contributed by atoms with Crippen molar-refractivity contribution in [3.8, 4) is 0 Å². The summed E-state index contributed by atoms with van der Waals surface area (Å²) in [6.07, 6.45) is 4.70. The van der Waals surface area contributed by atoms with Gasteiger partial charge in [-0.05, 0) is 31.4 Å². The van der Waals surface area contributed by atoms with Gasteiger partial charge in [0.25, 0.3) is 0 Å². The summed E-state index contributed by atoms with van der Waals surface area (Å²) in [6, 6.07) is 10.5. The van der Waals surface area contributed by atoms with Gasteiger partial charge in [0.15, 0.2) is 5.96 Å².